The van der Waals surface area contributed by atoms with Crippen LogP contribution in [0.2, 0.25) is 0 Å². The standard InChI is InChI=1S/C57H97NO8/c1-6-8-10-12-14-16-18-20-22-24-25-26-27-28-29-30-31-32-34-36-38-40-42-44-46-48-55(60)66-53(52-65-57(56(61)62)63-50-49-58(3,4)5)51-64-54(59)47-45-43-41-39-37-35-33-23-21-19-17-15-13-11-9-7-2/h8,10,14,16-17,19-20,22-23,25-26,28-29,33,53,57H,6-7,9,11-13,15,18,21,24,27,30-32,34-52H2,1-5H3/p+1/b10-8-,16-14-,19-17-,22-20-,26-25-,29-28-,33-23-. The Labute approximate surface area is 404 Å². The Hall–Kier alpha value is -3.53. The minimum Gasteiger partial charge on any atom is -0.477 e. The molecule has 9 heteroatoms. The summed E-state index contributed by atoms with van der Waals surface area (Å²) < 4.78 is 22.8. The first-order valence-electron chi connectivity index (χ1n) is 26.3. The number of aliphatic carboxylic acids is 1. The second kappa shape index (κ2) is 47.9. The maximum Gasteiger partial charge on any atom is 0.361 e. The number of carboxylic acids is 1. The lowest BCUT2D eigenvalue weighted by Crippen LogP contribution is -2.40. The molecule has 2 atom stereocenters. The van der Waals surface area contributed by atoms with Crippen LogP contribution in [-0.2, 0) is 33.3 Å². The molecule has 0 radical (unpaired) electrons. The van der Waals surface area contributed by atoms with Crippen molar-refractivity contribution in [3.05, 3.63) is 85.1 Å². The fourth-order valence-electron chi connectivity index (χ4n) is 6.83. The predicted octanol–water partition coefficient (Wildman–Crippen LogP) is 14.8. The number of likely N-dealkylation sites (N-methyl/N-ethyl adjacent to an activating group) is 1. The summed E-state index contributed by atoms with van der Waals surface area (Å²) in [6.45, 7) is 4.71. The van der Waals surface area contributed by atoms with E-state index in [1.165, 1.54) is 64.2 Å². The monoisotopic (exact) mass is 925 g/mol. The van der Waals surface area contributed by atoms with Crippen molar-refractivity contribution in [2.24, 2.45) is 0 Å². The highest BCUT2D eigenvalue weighted by molar-refractivity contribution is 5.71. The van der Waals surface area contributed by atoms with Gasteiger partial charge in [0.15, 0.2) is 6.10 Å². The van der Waals surface area contributed by atoms with E-state index in [1.54, 1.807) is 0 Å². The molecular weight excluding hydrogens is 827 g/mol. The lowest BCUT2D eigenvalue weighted by Gasteiger charge is -2.25. The first-order chi connectivity index (χ1) is 32.1. The summed E-state index contributed by atoms with van der Waals surface area (Å²) in [6.07, 6.45) is 59.3. The number of nitrogens with zero attached hydrogens (tertiary/aromatic N) is 1. The average Bonchev–Trinajstić information content (AvgIpc) is 3.28. The molecule has 0 rings (SSSR count). The van der Waals surface area contributed by atoms with Gasteiger partial charge in [-0.25, -0.2) is 4.79 Å². The van der Waals surface area contributed by atoms with Crippen molar-refractivity contribution in [2.75, 3.05) is 47.5 Å². The fourth-order valence-corrected chi connectivity index (χ4v) is 6.83. The van der Waals surface area contributed by atoms with Gasteiger partial charge < -0.3 is 28.5 Å². The number of carboxylic acid groups (broad SMARTS) is 1. The van der Waals surface area contributed by atoms with E-state index < -0.39 is 24.3 Å². The second-order valence-electron chi connectivity index (χ2n) is 18.4. The van der Waals surface area contributed by atoms with Gasteiger partial charge in [0.05, 0.1) is 34.4 Å². The van der Waals surface area contributed by atoms with Crippen LogP contribution in [0, 0.1) is 0 Å². The Morgan fingerprint density at radius 2 is 0.864 bits per heavy atom. The summed E-state index contributed by atoms with van der Waals surface area (Å²) in [4.78, 5) is 37.3. The fraction of sp³-hybridized carbons (Fsp3) is 0.702. The molecule has 0 saturated carbocycles. The highest BCUT2D eigenvalue weighted by Crippen LogP contribution is 2.14. The molecule has 378 valence electrons. The number of hydrogen-bond donors (Lipinski definition) is 1. The van der Waals surface area contributed by atoms with Crippen LogP contribution < -0.4 is 0 Å². The predicted molar refractivity (Wildman–Crippen MR) is 276 cm³/mol. The van der Waals surface area contributed by atoms with Crippen LogP contribution in [0.15, 0.2) is 85.1 Å². The van der Waals surface area contributed by atoms with Crippen LogP contribution >= 0.6 is 0 Å². The molecule has 0 aromatic rings. The third-order valence-corrected chi connectivity index (χ3v) is 10.9. The Morgan fingerprint density at radius 1 is 0.470 bits per heavy atom. The van der Waals surface area contributed by atoms with E-state index in [-0.39, 0.29) is 38.6 Å². The van der Waals surface area contributed by atoms with Gasteiger partial charge in [-0.2, -0.15) is 0 Å². The molecule has 0 aliphatic heterocycles. The molecule has 0 fully saturated rings. The molecule has 0 aliphatic rings. The minimum atomic E-state index is -1.52. The van der Waals surface area contributed by atoms with Gasteiger partial charge in [-0.05, 0) is 89.9 Å². The molecule has 0 saturated heterocycles. The lowest BCUT2D eigenvalue weighted by atomic mass is 10.1. The third kappa shape index (κ3) is 48.4. The summed E-state index contributed by atoms with van der Waals surface area (Å²) in [5.41, 5.74) is 0. The van der Waals surface area contributed by atoms with Gasteiger partial charge in [-0.1, -0.05) is 182 Å². The Morgan fingerprint density at radius 3 is 1.29 bits per heavy atom. The molecule has 2 unspecified atom stereocenters. The van der Waals surface area contributed by atoms with Gasteiger partial charge in [0.1, 0.15) is 13.2 Å². The molecule has 9 nitrogen and oxygen atoms in total. The second-order valence-corrected chi connectivity index (χ2v) is 18.4. The van der Waals surface area contributed by atoms with Gasteiger partial charge in [0, 0.05) is 12.8 Å². The van der Waals surface area contributed by atoms with E-state index in [9.17, 15) is 19.5 Å². The number of rotatable bonds is 47. The van der Waals surface area contributed by atoms with Gasteiger partial charge in [-0.15, -0.1) is 0 Å². The van der Waals surface area contributed by atoms with Crippen molar-refractivity contribution in [3.8, 4) is 0 Å². The lowest BCUT2D eigenvalue weighted by molar-refractivity contribution is -0.870. The molecular formula is C57H98NO8+. The van der Waals surface area contributed by atoms with E-state index >= 15 is 0 Å². The zero-order valence-electron chi connectivity index (χ0n) is 42.8. The van der Waals surface area contributed by atoms with E-state index in [0.717, 1.165) is 103 Å². The van der Waals surface area contributed by atoms with Crippen molar-refractivity contribution in [2.45, 2.75) is 212 Å². The van der Waals surface area contributed by atoms with Gasteiger partial charge in [0.25, 0.3) is 6.29 Å². The summed E-state index contributed by atoms with van der Waals surface area (Å²) in [5.74, 6) is -2.04. The maximum absolute atomic E-state index is 12.8. The number of carbonyl (C=O) groups is 3. The van der Waals surface area contributed by atoms with Crippen molar-refractivity contribution in [3.63, 3.8) is 0 Å². The molecule has 0 aromatic carbocycles. The average molecular weight is 925 g/mol. The van der Waals surface area contributed by atoms with E-state index in [0.29, 0.717) is 17.4 Å². The molecule has 1 N–H and O–H groups in total. The molecule has 0 amide bonds. The number of carbonyl (C=O) groups excluding carboxylic acids is 2. The quantitative estimate of drug-likeness (QED) is 0.0211. The zero-order chi connectivity index (χ0) is 48.4. The number of ether oxygens (including phenoxy) is 4. The van der Waals surface area contributed by atoms with Gasteiger partial charge >= 0.3 is 17.9 Å². The van der Waals surface area contributed by atoms with E-state index in [1.807, 2.05) is 21.1 Å². The Bertz CT molecular complexity index is 1350. The normalized spacial score (nSPS) is 13.5. The summed E-state index contributed by atoms with van der Waals surface area (Å²) in [5, 5.41) is 9.68. The Balaban J connectivity index is 4.35. The molecule has 0 aliphatic carbocycles. The summed E-state index contributed by atoms with van der Waals surface area (Å²) in [7, 11) is 5.95. The molecule has 0 spiro atoms. The highest BCUT2D eigenvalue weighted by atomic mass is 16.7. The number of allylic oxidation sites excluding steroid dienone is 14. The highest BCUT2D eigenvalue weighted by Gasteiger charge is 2.25. The number of esters is 2. The third-order valence-electron chi connectivity index (χ3n) is 10.9. The largest absolute Gasteiger partial charge is 0.477 e. The number of unbranched alkanes of at least 4 members (excludes halogenated alkanes) is 18. The van der Waals surface area contributed by atoms with E-state index in [2.05, 4.69) is 98.9 Å². The zero-order valence-corrected chi connectivity index (χ0v) is 42.8. The van der Waals surface area contributed by atoms with Gasteiger partial charge in [-0.3, -0.25) is 9.59 Å². The first kappa shape index (κ1) is 62.5. The van der Waals surface area contributed by atoms with Crippen LogP contribution in [0.25, 0.3) is 0 Å². The van der Waals surface area contributed by atoms with Crippen LogP contribution in [-0.4, -0.2) is 87.4 Å². The molecule has 0 heterocycles. The topological polar surface area (TPSA) is 108 Å². The van der Waals surface area contributed by atoms with Crippen molar-refractivity contribution >= 4 is 17.9 Å². The SMILES string of the molecule is CC/C=C\C/C=C\C/C=C\C/C=C\C/C=C\CCCCCCCCCCCC(=O)OC(COC(=O)CCCCCCC/C=C\C/C=C\CCCCCC)COC(OCC[N+](C)(C)C)C(=O)O. The summed E-state index contributed by atoms with van der Waals surface area (Å²) >= 11 is 0. The van der Waals surface area contributed by atoms with Crippen molar-refractivity contribution in [1.82, 2.24) is 0 Å². The van der Waals surface area contributed by atoms with Crippen LogP contribution in [0.4, 0.5) is 0 Å². The van der Waals surface area contributed by atoms with Crippen LogP contribution in [0.5, 0.6) is 0 Å². The molecule has 0 aromatic heterocycles. The maximum atomic E-state index is 12.8. The van der Waals surface area contributed by atoms with Gasteiger partial charge in [0.2, 0.25) is 0 Å². The van der Waals surface area contributed by atoms with Crippen molar-refractivity contribution < 1.29 is 42.9 Å². The van der Waals surface area contributed by atoms with Crippen molar-refractivity contribution in [1.29, 1.82) is 0 Å². The number of quaternary nitrogens is 1. The first-order valence-corrected chi connectivity index (χ1v) is 26.3. The Kier molecular flexibility index (Phi) is 45.4. The van der Waals surface area contributed by atoms with E-state index in [4.69, 9.17) is 18.9 Å². The number of hydrogen-bond acceptors (Lipinski definition) is 7. The van der Waals surface area contributed by atoms with Crippen LogP contribution in [0.1, 0.15) is 200 Å². The smallest absolute Gasteiger partial charge is 0.361 e. The molecule has 66 heavy (non-hydrogen) atoms. The minimum absolute atomic E-state index is 0.180. The summed E-state index contributed by atoms with van der Waals surface area (Å²) in [6, 6.07) is 0. The molecule has 0 bridgehead atoms. The van der Waals surface area contributed by atoms with Crippen LogP contribution in [0.3, 0.4) is 0 Å².